The van der Waals surface area contributed by atoms with Crippen LogP contribution in [0.4, 0.5) is 4.79 Å². The smallest absolute Gasteiger partial charge is 0.414 e. The molecule has 3 amide bonds. The highest BCUT2D eigenvalue weighted by Crippen LogP contribution is 2.26. The van der Waals surface area contributed by atoms with Crippen LogP contribution in [0.15, 0.2) is 60.7 Å². The van der Waals surface area contributed by atoms with Crippen LogP contribution in [0.25, 0.3) is 0 Å². The standard InChI is InChI=1S/C34H46N6O8S/c1-34(2,48-31(43)26-13-8-5-9-14-26)23-47-33(44)37-32(36)38-19-16-25(17-20-38)22-40(49(3,45)46)28(21-24-11-6-4-7-12-24)30(42)39-18-10-15-27(39)29(35)41/h4-9,11-14,25,27-28H,10,15-23H2,1-3H3,(H2,35,41)(H2,36,37,44)/t27-,28+/m0/s1. The van der Waals surface area contributed by atoms with Gasteiger partial charge >= 0.3 is 12.1 Å². The molecule has 2 aliphatic heterocycles. The lowest BCUT2D eigenvalue weighted by Gasteiger charge is -2.38. The van der Waals surface area contributed by atoms with Crippen molar-refractivity contribution >= 4 is 39.9 Å². The van der Waals surface area contributed by atoms with E-state index in [1.165, 1.54) is 9.21 Å². The van der Waals surface area contributed by atoms with Crippen LogP contribution < -0.4 is 11.1 Å². The van der Waals surface area contributed by atoms with Crippen molar-refractivity contribution in [2.45, 2.75) is 63.6 Å². The maximum atomic E-state index is 14.0. The Hall–Kier alpha value is -4.50. The number of likely N-dealkylation sites (tertiary alicyclic amines) is 2. The molecule has 0 unspecified atom stereocenters. The van der Waals surface area contributed by atoms with Crippen LogP contribution in [0.2, 0.25) is 0 Å². The van der Waals surface area contributed by atoms with Crippen molar-refractivity contribution in [1.29, 1.82) is 5.41 Å². The molecule has 266 valence electrons. The first-order valence-electron chi connectivity index (χ1n) is 16.3. The monoisotopic (exact) mass is 698 g/mol. The fourth-order valence-electron chi connectivity index (χ4n) is 6.12. The summed E-state index contributed by atoms with van der Waals surface area (Å²) in [4.78, 5) is 54.1. The minimum absolute atomic E-state index is 0.0740. The van der Waals surface area contributed by atoms with Gasteiger partial charge in [-0.2, -0.15) is 4.31 Å². The average molecular weight is 699 g/mol. The molecule has 49 heavy (non-hydrogen) atoms. The van der Waals surface area contributed by atoms with E-state index >= 15 is 0 Å². The van der Waals surface area contributed by atoms with Gasteiger partial charge in [-0.25, -0.2) is 18.0 Å². The maximum absolute atomic E-state index is 14.0. The van der Waals surface area contributed by atoms with Gasteiger partial charge in [-0.1, -0.05) is 48.5 Å². The third-order valence-electron chi connectivity index (χ3n) is 8.71. The highest BCUT2D eigenvalue weighted by Gasteiger charge is 2.42. The molecule has 2 saturated heterocycles. The molecule has 4 rings (SSSR count). The summed E-state index contributed by atoms with van der Waals surface area (Å²) in [5.74, 6) is -1.93. The third-order valence-corrected chi connectivity index (χ3v) is 9.97. The zero-order chi connectivity index (χ0) is 35.8. The summed E-state index contributed by atoms with van der Waals surface area (Å²) < 4.78 is 38.5. The Morgan fingerprint density at radius 1 is 1.00 bits per heavy atom. The number of esters is 1. The fraction of sp³-hybridized carbons (Fsp3) is 0.500. The van der Waals surface area contributed by atoms with Crippen LogP contribution in [0.1, 0.15) is 55.5 Å². The van der Waals surface area contributed by atoms with Crippen molar-refractivity contribution < 1.29 is 37.1 Å². The molecule has 14 nitrogen and oxygen atoms in total. The summed E-state index contributed by atoms with van der Waals surface area (Å²) in [5, 5.41) is 10.8. The summed E-state index contributed by atoms with van der Waals surface area (Å²) in [6.45, 7) is 4.08. The van der Waals surface area contributed by atoms with Crippen molar-refractivity contribution in [2.75, 3.05) is 39.0 Å². The summed E-state index contributed by atoms with van der Waals surface area (Å²) >= 11 is 0. The minimum atomic E-state index is -3.87. The van der Waals surface area contributed by atoms with Gasteiger partial charge in [-0.3, -0.25) is 20.3 Å². The highest BCUT2D eigenvalue weighted by atomic mass is 32.2. The number of piperidine rings is 1. The zero-order valence-electron chi connectivity index (χ0n) is 28.2. The number of amides is 3. The second kappa shape index (κ2) is 16.3. The summed E-state index contributed by atoms with van der Waals surface area (Å²) in [6, 6.07) is 15.7. The van der Waals surface area contributed by atoms with Gasteiger partial charge in [0.15, 0.2) is 0 Å². The van der Waals surface area contributed by atoms with Gasteiger partial charge in [-0.05, 0) is 69.6 Å². The number of hydrogen-bond donors (Lipinski definition) is 3. The molecule has 2 aliphatic rings. The average Bonchev–Trinajstić information content (AvgIpc) is 3.56. The molecule has 0 aliphatic carbocycles. The first kappa shape index (κ1) is 37.3. The first-order chi connectivity index (χ1) is 23.1. The normalized spacial score (nSPS) is 17.8. The molecule has 0 bridgehead atoms. The molecule has 0 radical (unpaired) electrons. The zero-order valence-corrected chi connectivity index (χ0v) is 29.0. The number of nitrogens with two attached hydrogens (primary N) is 1. The molecular formula is C34H46N6O8S. The predicted octanol–water partition coefficient (Wildman–Crippen LogP) is 2.34. The van der Waals surface area contributed by atoms with E-state index in [1.54, 1.807) is 49.1 Å². The van der Waals surface area contributed by atoms with Gasteiger partial charge in [0.1, 0.15) is 24.3 Å². The summed E-state index contributed by atoms with van der Waals surface area (Å²) in [6.07, 6.45) is 2.36. The molecular weight excluding hydrogens is 652 g/mol. The molecule has 2 fully saturated rings. The second-order valence-corrected chi connectivity index (χ2v) is 15.1. The number of carbonyl (C=O) groups is 4. The van der Waals surface area contributed by atoms with Gasteiger partial charge < -0.3 is 25.0 Å². The van der Waals surface area contributed by atoms with Crippen LogP contribution in [0.5, 0.6) is 0 Å². The van der Waals surface area contributed by atoms with Crippen molar-refractivity contribution in [3.63, 3.8) is 0 Å². The van der Waals surface area contributed by atoms with Gasteiger partial charge in [0.05, 0.1) is 11.8 Å². The lowest BCUT2D eigenvalue weighted by molar-refractivity contribution is -0.140. The Kier molecular flexibility index (Phi) is 12.4. The molecule has 2 aromatic rings. The lowest BCUT2D eigenvalue weighted by Crippen LogP contribution is -2.56. The van der Waals surface area contributed by atoms with Gasteiger partial charge in [-0.15, -0.1) is 0 Å². The molecule has 2 atom stereocenters. The predicted molar refractivity (Wildman–Crippen MR) is 182 cm³/mol. The van der Waals surface area contributed by atoms with E-state index in [-0.39, 0.29) is 31.4 Å². The number of alkyl carbamates (subject to hydrolysis) is 1. The quantitative estimate of drug-likeness (QED) is 0.170. The van der Waals surface area contributed by atoms with Gasteiger partial charge in [0.25, 0.3) is 0 Å². The number of primary amides is 1. The molecule has 0 aromatic heterocycles. The molecule has 0 spiro atoms. The highest BCUT2D eigenvalue weighted by molar-refractivity contribution is 7.88. The third kappa shape index (κ3) is 10.5. The van der Waals surface area contributed by atoms with E-state index in [1.807, 2.05) is 30.3 Å². The van der Waals surface area contributed by atoms with E-state index in [9.17, 15) is 27.6 Å². The van der Waals surface area contributed by atoms with Crippen LogP contribution in [0.3, 0.4) is 0 Å². The minimum Gasteiger partial charge on any atom is -0.452 e. The Morgan fingerprint density at radius 3 is 2.20 bits per heavy atom. The number of nitrogens with zero attached hydrogens (tertiary/aromatic N) is 3. The lowest BCUT2D eigenvalue weighted by atomic mass is 9.95. The van der Waals surface area contributed by atoms with E-state index in [0.717, 1.165) is 11.8 Å². The topological polar surface area (TPSA) is 192 Å². The maximum Gasteiger partial charge on any atom is 0.414 e. The molecule has 2 aromatic carbocycles. The van der Waals surface area contributed by atoms with Crippen molar-refractivity contribution in [3.8, 4) is 0 Å². The number of hydrogen-bond acceptors (Lipinski definition) is 9. The second-order valence-electron chi connectivity index (χ2n) is 13.1. The number of sulfonamides is 1. The van der Waals surface area contributed by atoms with Crippen LogP contribution >= 0.6 is 0 Å². The Bertz CT molecular complexity index is 1600. The van der Waals surface area contributed by atoms with E-state index in [2.05, 4.69) is 5.32 Å². The largest absolute Gasteiger partial charge is 0.452 e. The van der Waals surface area contributed by atoms with Gasteiger partial charge in [0.2, 0.25) is 27.8 Å². The SMILES string of the molecule is CC(C)(COC(=O)NC(=N)N1CCC(CN([C@H](Cc2ccccc2)C(=O)N2CCC[C@H]2C(N)=O)S(C)(=O)=O)CC1)OC(=O)c1ccccc1. The Morgan fingerprint density at radius 2 is 1.61 bits per heavy atom. The van der Waals surface area contributed by atoms with Crippen molar-refractivity contribution in [1.82, 2.24) is 19.4 Å². The van der Waals surface area contributed by atoms with Crippen LogP contribution in [-0.4, -0.2) is 109 Å². The Balaban J connectivity index is 1.34. The molecule has 15 heteroatoms. The van der Waals surface area contributed by atoms with E-state index < -0.39 is 51.6 Å². The Labute approximate surface area is 287 Å². The molecule has 0 saturated carbocycles. The number of carbonyl (C=O) groups excluding carboxylic acids is 4. The number of benzene rings is 2. The van der Waals surface area contributed by atoms with E-state index in [4.69, 9.17) is 20.6 Å². The number of nitrogens with one attached hydrogen (secondary N) is 2. The van der Waals surface area contributed by atoms with Crippen molar-refractivity contribution in [3.05, 3.63) is 71.8 Å². The molecule has 4 N–H and O–H groups in total. The summed E-state index contributed by atoms with van der Waals surface area (Å²) in [5.41, 5.74) is 5.62. The van der Waals surface area contributed by atoms with Gasteiger partial charge in [0, 0.05) is 26.2 Å². The summed E-state index contributed by atoms with van der Waals surface area (Å²) in [7, 11) is -3.87. The van der Waals surface area contributed by atoms with Crippen LogP contribution in [0, 0.1) is 11.3 Å². The number of rotatable bonds is 12. The number of guanidine groups is 1. The first-order valence-corrected chi connectivity index (χ1v) is 18.2. The van der Waals surface area contributed by atoms with Crippen molar-refractivity contribution in [2.24, 2.45) is 11.7 Å². The van der Waals surface area contributed by atoms with E-state index in [0.29, 0.717) is 50.9 Å². The molecule has 2 heterocycles. The van der Waals surface area contributed by atoms with Crippen LogP contribution in [-0.2, 0) is 35.5 Å². The fourth-order valence-corrected chi connectivity index (χ4v) is 7.23. The number of ether oxygens (including phenoxy) is 2.